The van der Waals surface area contributed by atoms with E-state index in [9.17, 15) is 4.79 Å². The average Bonchev–Trinajstić information content (AvgIpc) is 2.92. The van der Waals surface area contributed by atoms with Gasteiger partial charge in [-0.1, -0.05) is 43.6 Å². The standard InChI is InChI=1S/C18H21ClN4O/c1-3-13(4-2)23-16-15(12-7-5-6-11(8-12)9-20)14(19)10-21-17(16)22-18(23)24/h5-8,10,13H,3-4,9,20H2,1-2H3,(H,21,22,24). The van der Waals surface area contributed by atoms with Crippen molar-refractivity contribution in [1.29, 1.82) is 0 Å². The summed E-state index contributed by atoms with van der Waals surface area (Å²) in [6, 6.07) is 8.01. The van der Waals surface area contributed by atoms with Crippen LogP contribution in [0.1, 0.15) is 38.3 Å². The molecule has 2 heterocycles. The van der Waals surface area contributed by atoms with E-state index in [1.807, 2.05) is 24.3 Å². The summed E-state index contributed by atoms with van der Waals surface area (Å²) in [6.45, 7) is 4.60. The van der Waals surface area contributed by atoms with E-state index in [0.29, 0.717) is 17.2 Å². The second kappa shape index (κ2) is 6.79. The number of pyridine rings is 1. The van der Waals surface area contributed by atoms with Crippen LogP contribution in [-0.2, 0) is 6.54 Å². The van der Waals surface area contributed by atoms with E-state index in [0.717, 1.165) is 35.0 Å². The molecule has 0 unspecified atom stereocenters. The minimum absolute atomic E-state index is 0.1000. The van der Waals surface area contributed by atoms with E-state index in [2.05, 4.69) is 23.8 Å². The summed E-state index contributed by atoms with van der Waals surface area (Å²) in [4.78, 5) is 19.7. The topological polar surface area (TPSA) is 76.7 Å². The van der Waals surface area contributed by atoms with Crippen molar-refractivity contribution >= 4 is 22.8 Å². The van der Waals surface area contributed by atoms with Gasteiger partial charge in [0, 0.05) is 24.3 Å². The zero-order valence-electron chi connectivity index (χ0n) is 13.8. The highest BCUT2D eigenvalue weighted by atomic mass is 35.5. The summed E-state index contributed by atoms with van der Waals surface area (Å²) < 4.78 is 1.79. The molecule has 24 heavy (non-hydrogen) atoms. The second-order valence-corrected chi connectivity index (χ2v) is 6.26. The van der Waals surface area contributed by atoms with Crippen LogP contribution in [0, 0.1) is 0 Å². The lowest BCUT2D eigenvalue weighted by atomic mass is 10.0. The highest BCUT2D eigenvalue weighted by Gasteiger charge is 2.20. The molecule has 0 saturated carbocycles. The summed E-state index contributed by atoms with van der Waals surface area (Å²) in [7, 11) is 0. The number of rotatable bonds is 5. The number of nitrogens with two attached hydrogens (primary N) is 1. The zero-order valence-corrected chi connectivity index (χ0v) is 14.6. The normalized spacial score (nSPS) is 11.5. The Labute approximate surface area is 145 Å². The highest BCUT2D eigenvalue weighted by Crippen LogP contribution is 2.35. The highest BCUT2D eigenvalue weighted by molar-refractivity contribution is 6.34. The van der Waals surface area contributed by atoms with Crippen LogP contribution >= 0.6 is 11.6 Å². The second-order valence-electron chi connectivity index (χ2n) is 5.85. The molecular formula is C18H21ClN4O. The number of benzene rings is 1. The number of aromatic nitrogens is 3. The number of hydrogen-bond acceptors (Lipinski definition) is 3. The molecule has 0 atom stereocenters. The molecule has 126 valence electrons. The Bertz CT molecular complexity index is 924. The smallest absolute Gasteiger partial charge is 0.326 e. The summed E-state index contributed by atoms with van der Waals surface area (Å²) in [5.74, 6) is 0. The first-order valence-electron chi connectivity index (χ1n) is 8.18. The van der Waals surface area contributed by atoms with E-state index >= 15 is 0 Å². The molecule has 0 spiro atoms. The van der Waals surface area contributed by atoms with Crippen molar-refractivity contribution in [1.82, 2.24) is 14.5 Å². The Hall–Kier alpha value is -2.11. The van der Waals surface area contributed by atoms with Gasteiger partial charge in [-0.3, -0.25) is 9.55 Å². The molecule has 3 aromatic rings. The summed E-state index contributed by atoms with van der Waals surface area (Å²) in [6.07, 6.45) is 3.30. The lowest BCUT2D eigenvalue weighted by Crippen LogP contribution is -2.21. The van der Waals surface area contributed by atoms with Gasteiger partial charge in [0.15, 0.2) is 5.65 Å². The molecule has 1 aromatic carbocycles. The molecule has 0 aliphatic rings. The van der Waals surface area contributed by atoms with Gasteiger partial charge < -0.3 is 5.73 Å². The molecule has 0 fully saturated rings. The lowest BCUT2D eigenvalue weighted by Gasteiger charge is -2.17. The van der Waals surface area contributed by atoms with Gasteiger partial charge in [-0.15, -0.1) is 0 Å². The molecule has 2 aromatic heterocycles. The van der Waals surface area contributed by atoms with Crippen molar-refractivity contribution in [3.05, 3.63) is 51.5 Å². The third-order valence-electron chi connectivity index (χ3n) is 4.45. The average molecular weight is 345 g/mol. The van der Waals surface area contributed by atoms with Crippen molar-refractivity contribution in [2.24, 2.45) is 5.73 Å². The van der Waals surface area contributed by atoms with Crippen LogP contribution in [0.5, 0.6) is 0 Å². The largest absolute Gasteiger partial charge is 0.327 e. The number of H-pyrrole nitrogens is 1. The minimum Gasteiger partial charge on any atom is -0.326 e. The summed E-state index contributed by atoms with van der Waals surface area (Å²) >= 11 is 6.48. The zero-order chi connectivity index (χ0) is 17.3. The number of fused-ring (bicyclic) bond motifs is 1. The number of aromatic amines is 1. The van der Waals surface area contributed by atoms with Crippen molar-refractivity contribution in [3.63, 3.8) is 0 Å². The quantitative estimate of drug-likeness (QED) is 0.737. The predicted octanol–water partition coefficient (Wildman–Crippen LogP) is 3.86. The molecule has 0 bridgehead atoms. The Kier molecular flexibility index (Phi) is 4.73. The first-order valence-corrected chi connectivity index (χ1v) is 8.56. The molecule has 3 N–H and O–H groups in total. The first kappa shape index (κ1) is 16.7. The van der Waals surface area contributed by atoms with E-state index in [4.69, 9.17) is 17.3 Å². The van der Waals surface area contributed by atoms with E-state index in [1.54, 1.807) is 10.8 Å². The Morgan fingerprint density at radius 1 is 1.33 bits per heavy atom. The third kappa shape index (κ3) is 2.74. The minimum atomic E-state index is -0.148. The van der Waals surface area contributed by atoms with Gasteiger partial charge >= 0.3 is 5.69 Å². The van der Waals surface area contributed by atoms with Crippen LogP contribution in [-0.4, -0.2) is 14.5 Å². The molecule has 6 heteroatoms. The van der Waals surface area contributed by atoms with Crippen LogP contribution in [0.3, 0.4) is 0 Å². The van der Waals surface area contributed by atoms with Gasteiger partial charge in [0.1, 0.15) is 0 Å². The number of imidazole rings is 1. The van der Waals surface area contributed by atoms with Gasteiger partial charge in [0.25, 0.3) is 0 Å². The van der Waals surface area contributed by atoms with Crippen molar-refractivity contribution in [2.75, 3.05) is 0 Å². The Morgan fingerprint density at radius 2 is 2.08 bits per heavy atom. The third-order valence-corrected chi connectivity index (χ3v) is 4.74. The number of nitrogens with one attached hydrogen (secondary N) is 1. The molecule has 0 radical (unpaired) electrons. The van der Waals surface area contributed by atoms with Crippen LogP contribution in [0.15, 0.2) is 35.3 Å². The van der Waals surface area contributed by atoms with Gasteiger partial charge in [-0.2, -0.15) is 0 Å². The molecule has 5 nitrogen and oxygen atoms in total. The maximum Gasteiger partial charge on any atom is 0.327 e. The molecule has 0 aliphatic heterocycles. The monoisotopic (exact) mass is 344 g/mol. The van der Waals surface area contributed by atoms with Gasteiger partial charge in [0.2, 0.25) is 0 Å². The van der Waals surface area contributed by atoms with Crippen LogP contribution in [0.4, 0.5) is 0 Å². The SMILES string of the molecule is CCC(CC)n1c(=O)[nH]c2ncc(Cl)c(-c3cccc(CN)c3)c21. The molecule has 0 aliphatic carbocycles. The van der Waals surface area contributed by atoms with E-state index < -0.39 is 0 Å². The summed E-state index contributed by atoms with van der Waals surface area (Å²) in [5.41, 5.74) is 9.71. The molecule has 3 rings (SSSR count). The molecular weight excluding hydrogens is 324 g/mol. The van der Waals surface area contributed by atoms with E-state index in [-0.39, 0.29) is 11.7 Å². The number of nitrogens with zero attached hydrogens (tertiary/aromatic N) is 2. The Morgan fingerprint density at radius 3 is 2.75 bits per heavy atom. The fourth-order valence-electron chi connectivity index (χ4n) is 3.20. The van der Waals surface area contributed by atoms with Crippen molar-refractivity contribution in [2.45, 2.75) is 39.3 Å². The van der Waals surface area contributed by atoms with Gasteiger partial charge in [0.05, 0.1) is 10.5 Å². The Balaban J connectivity index is 2.38. The van der Waals surface area contributed by atoms with Crippen LogP contribution < -0.4 is 11.4 Å². The number of halogens is 1. The van der Waals surface area contributed by atoms with Crippen molar-refractivity contribution < 1.29 is 0 Å². The molecule has 0 amide bonds. The molecule has 0 saturated heterocycles. The van der Waals surface area contributed by atoms with Crippen LogP contribution in [0.25, 0.3) is 22.3 Å². The number of hydrogen-bond donors (Lipinski definition) is 2. The van der Waals surface area contributed by atoms with Crippen LogP contribution in [0.2, 0.25) is 5.02 Å². The summed E-state index contributed by atoms with van der Waals surface area (Å²) in [5, 5.41) is 0.523. The fraction of sp³-hybridized carbons (Fsp3) is 0.333. The predicted molar refractivity (Wildman–Crippen MR) is 98.3 cm³/mol. The van der Waals surface area contributed by atoms with Crippen molar-refractivity contribution in [3.8, 4) is 11.1 Å². The lowest BCUT2D eigenvalue weighted by molar-refractivity contribution is 0.472. The fourth-order valence-corrected chi connectivity index (χ4v) is 3.45. The van der Waals surface area contributed by atoms with Gasteiger partial charge in [-0.05, 0) is 30.0 Å². The maximum absolute atomic E-state index is 12.5. The van der Waals surface area contributed by atoms with E-state index in [1.165, 1.54) is 0 Å². The first-order chi connectivity index (χ1) is 11.6. The van der Waals surface area contributed by atoms with Gasteiger partial charge in [-0.25, -0.2) is 9.78 Å². The maximum atomic E-state index is 12.5.